The fourth-order valence-corrected chi connectivity index (χ4v) is 4.09. The number of nitrogens with one attached hydrogen (secondary N) is 1. The summed E-state index contributed by atoms with van der Waals surface area (Å²) in [6.45, 7) is 3.36. The minimum Gasteiger partial charge on any atom is -0.394 e. The predicted molar refractivity (Wildman–Crippen MR) is 109 cm³/mol. The molecule has 1 fully saturated rings. The fraction of sp³-hybridized carbons (Fsp3) is 0.643. The third-order valence-electron chi connectivity index (χ3n) is 3.66. The number of nitrogen functional groups attached to an aromatic ring is 1. The van der Waals surface area contributed by atoms with Crippen LogP contribution in [0.5, 0.6) is 0 Å². The zero-order chi connectivity index (χ0) is 24.9. The first-order valence-electron chi connectivity index (χ1n) is 9.16. The number of nitrogens with zero attached hydrogens (tertiary/aromatic N) is 3. The highest BCUT2D eigenvalue weighted by molar-refractivity contribution is 7.60. The number of aromatic amines is 1. The molecule has 0 amide bonds. The van der Waals surface area contributed by atoms with E-state index in [0.29, 0.717) is 5.65 Å². The lowest BCUT2D eigenvalue weighted by Gasteiger charge is -2.18. The van der Waals surface area contributed by atoms with Gasteiger partial charge in [-0.2, -0.15) is 9.29 Å². The monoisotopic (exact) mass is 517 g/mol. The summed E-state index contributed by atoms with van der Waals surface area (Å²) in [5, 5.41) is 8.56. The maximum atomic E-state index is 11.4. The maximum Gasteiger partial charge on any atom is 0.481 e. The number of hydrogen-bond acceptors (Lipinski definition) is 12. The van der Waals surface area contributed by atoms with Crippen molar-refractivity contribution in [2.75, 3.05) is 32.2 Å². The standard InChI is InChI=1S/C8H11N5O3.C6H14O9P2/c9-8-11-6-5(7(15)12-8)10-3-13(6)4-16-2-1-14;1-6(2)12-3-5(14-6)4-13-17(10,11)15-16(7,8)9/h3,14H,1-2,4H2,(H3,9,11,12,15);5H,3-4H2,1-2H3,(H,10,11)(H2,7,8,9). The van der Waals surface area contributed by atoms with Crippen LogP contribution < -0.4 is 11.3 Å². The van der Waals surface area contributed by atoms with Crippen molar-refractivity contribution in [2.45, 2.75) is 32.5 Å². The Labute approximate surface area is 186 Å². The molecule has 1 aliphatic heterocycles. The molecule has 0 aromatic carbocycles. The van der Waals surface area contributed by atoms with Crippen LogP contribution in [0.1, 0.15) is 13.8 Å². The highest BCUT2D eigenvalue weighted by Crippen LogP contribution is 2.57. The Morgan fingerprint density at radius 2 is 2.06 bits per heavy atom. The average Bonchev–Trinajstić information content (AvgIpc) is 3.22. The molecule has 3 rings (SSSR count). The van der Waals surface area contributed by atoms with Crippen molar-refractivity contribution >= 4 is 32.8 Å². The van der Waals surface area contributed by atoms with Gasteiger partial charge in [0.15, 0.2) is 17.0 Å². The number of rotatable bonds is 9. The van der Waals surface area contributed by atoms with E-state index in [2.05, 4.69) is 23.8 Å². The van der Waals surface area contributed by atoms with Gasteiger partial charge in [0.1, 0.15) is 12.8 Å². The van der Waals surface area contributed by atoms with Crippen LogP contribution in [0.25, 0.3) is 11.2 Å². The predicted octanol–water partition coefficient (Wildman–Crippen LogP) is -0.968. The van der Waals surface area contributed by atoms with E-state index in [1.807, 2.05) is 0 Å². The summed E-state index contributed by atoms with van der Waals surface area (Å²) in [5.74, 6) is -0.793. The van der Waals surface area contributed by atoms with Gasteiger partial charge in [-0.05, 0) is 13.8 Å². The van der Waals surface area contributed by atoms with Gasteiger partial charge in [0.05, 0.1) is 32.8 Å². The van der Waals surface area contributed by atoms with Crippen molar-refractivity contribution in [2.24, 2.45) is 0 Å². The number of aliphatic hydroxyl groups is 1. The summed E-state index contributed by atoms with van der Waals surface area (Å²) in [4.78, 5) is 47.3. The summed E-state index contributed by atoms with van der Waals surface area (Å²) >= 11 is 0. The Hall–Kier alpha value is -1.75. The summed E-state index contributed by atoms with van der Waals surface area (Å²) < 4.78 is 46.4. The van der Waals surface area contributed by atoms with Crippen LogP contribution in [0.4, 0.5) is 5.95 Å². The second-order valence-electron chi connectivity index (χ2n) is 6.89. The van der Waals surface area contributed by atoms with Crippen LogP contribution >= 0.6 is 15.6 Å². The molecule has 0 aliphatic carbocycles. The van der Waals surface area contributed by atoms with Crippen molar-refractivity contribution in [1.29, 1.82) is 0 Å². The van der Waals surface area contributed by atoms with Crippen LogP contribution in [-0.4, -0.2) is 77.6 Å². The van der Waals surface area contributed by atoms with Crippen molar-refractivity contribution in [3.05, 3.63) is 16.7 Å². The molecular formula is C14H25N5O12P2. The molecule has 33 heavy (non-hydrogen) atoms. The van der Waals surface area contributed by atoms with Crippen molar-refractivity contribution in [1.82, 2.24) is 19.5 Å². The molecule has 188 valence electrons. The molecule has 1 aliphatic rings. The minimum absolute atomic E-state index is 0.0291. The third kappa shape index (κ3) is 9.19. The quantitative estimate of drug-likeness (QED) is 0.173. The smallest absolute Gasteiger partial charge is 0.394 e. The number of ether oxygens (including phenoxy) is 3. The molecule has 2 unspecified atom stereocenters. The molecule has 2 aromatic heterocycles. The van der Waals surface area contributed by atoms with Gasteiger partial charge in [0, 0.05) is 0 Å². The Bertz CT molecular complexity index is 1080. The number of imidazole rings is 1. The molecule has 1 saturated heterocycles. The summed E-state index contributed by atoms with van der Waals surface area (Å²) in [5.41, 5.74) is 5.60. The van der Waals surface area contributed by atoms with Crippen molar-refractivity contribution < 1.29 is 52.0 Å². The van der Waals surface area contributed by atoms with Crippen LogP contribution in [0.3, 0.4) is 0 Å². The fourth-order valence-electron chi connectivity index (χ4n) is 2.47. The van der Waals surface area contributed by atoms with E-state index < -0.39 is 27.5 Å². The normalized spacial score (nSPS) is 19.8. The lowest BCUT2D eigenvalue weighted by Crippen LogP contribution is -2.23. The molecular weight excluding hydrogens is 492 g/mol. The van der Waals surface area contributed by atoms with Gasteiger partial charge >= 0.3 is 15.6 Å². The number of H-pyrrole nitrogens is 1. The number of aromatic nitrogens is 4. The number of phosphoric acid groups is 2. The Balaban J connectivity index is 0.000000234. The largest absolute Gasteiger partial charge is 0.481 e. The first kappa shape index (κ1) is 27.5. The minimum atomic E-state index is -5.08. The summed E-state index contributed by atoms with van der Waals surface area (Å²) in [7, 11) is -9.89. The second kappa shape index (κ2) is 11.1. The van der Waals surface area contributed by atoms with E-state index in [-0.39, 0.29) is 50.2 Å². The summed E-state index contributed by atoms with van der Waals surface area (Å²) in [6.07, 6.45) is 0.829. The van der Waals surface area contributed by atoms with Gasteiger partial charge in [-0.3, -0.25) is 18.9 Å². The van der Waals surface area contributed by atoms with E-state index in [1.54, 1.807) is 13.8 Å². The lowest BCUT2D eigenvalue weighted by molar-refractivity contribution is -0.142. The van der Waals surface area contributed by atoms with Crippen LogP contribution in [0.2, 0.25) is 0 Å². The van der Waals surface area contributed by atoms with Crippen molar-refractivity contribution in [3.8, 4) is 0 Å². The number of nitrogens with two attached hydrogens (primary N) is 1. The molecule has 17 nitrogen and oxygen atoms in total. The number of aliphatic hydroxyl groups excluding tert-OH is 1. The zero-order valence-electron chi connectivity index (χ0n) is 17.6. The third-order valence-corrected chi connectivity index (χ3v) is 5.81. The molecule has 0 saturated carbocycles. The van der Waals surface area contributed by atoms with E-state index >= 15 is 0 Å². The zero-order valence-corrected chi connectivity index (χ0v) is 19.3. The Morgan fingerprint density at radius 1 is 1.36 bits per heavy atom. The molecule has 19 heteroatoms. The molecule has 2 aromatic rings. The Kier molecular flexibility index (Phi) is 9.26. The SMILES string of the molecule is CC1(C)OCC(COP(=O)(O)OP(=O)(O)O)O1.Nc1nc2c(ncn2COCCO)c(=O)[nH]1. The molecule has 3 heterocycles. The van der Waals surface area contributed by atoms with E-state index in [0.717, 1.165) is 0 Å². The van der Waals surface area contributed by atoms with Crippen LogP contribution in [-0.2, 0) is 38.9 Å². The molecule has 0 radical (unpaired) electrons. The molecule has 0 spiro atoms. The van der Waals surface area contributed by atoms with Gasteiger partial charge in [-0.25, -0.2) is 14.1 Å². The summed E-state index contributed by atoms with van der Waals surface area (Å²) in [6, 6.07) is 0. The average molecular weight is 517 g/mol. The first-order valence-corrected chi connectivity index (χ1v) is 12.2. The van der Waals surface area contributed by atoms with Gasteiger partial charge < -0.3 is 39.7 Å². The van der Waals surface area contributed by atoms with Crippen LogP contribution in [0, 0.1) is 0 Å². The highest BCUT2D eigenvalue weighted by atomic mass is 31.3. The van der Waals surface area contributed by atoms with Crippen molar-refractivity contribution in [3.63, 3.8) is 0 Å². The van der Waals surface area contributed by atoms with Gasteiger partial charge in [-0.1, -0.05) is 0 Å². The van der Waals surface area contributed by atoms with Crippen LogP contribution in [0.15, 0.2) is 11.1 Å². The van der Waals surface area contributed by atoms with Gasteiger partial charge in [0.2, 0.25) is 5.95 Å². The van der Waals surface area contributed by atoms with Gasteiger partial charge in [0.25, 0.3) is 5.56 Å². The topological polar surface area (TPSA) is 251 Å². The number of hydrogen-bond donors (Lipinski definition) is 6. The lowest BCUT2D eigenvalue weighted by atomic mass is 10.4. The second-order valence-corrected chi connectivity index (χ2v) is 9.72. The number of anilines is 1. The number of phosphoric ester groups is 1. The van der Waals surface area contributed by atoms with Gasteiger partial charge in [-0.15, -0.1) is 0 Å². The first-order chi connectivity index (χ1) is 15.2. The van der Waals surface area contributed by atoms with E-state index in [9.17, 15) is 13.9 Å². The maximum absolute atomic E-state index is 11.4. The molecule has 2 atom stereocenters. The van der Waals surface area contributed by atoms with E-state index in [4.69, 9.17) is 39.7 Å². The molecule has 7 N–H and O–H groups in total. The highest BCUT2D eigenvalue weighted by Gasteiger charge is 2.37. The number of fused-ring (bicyclic) bond motifs is 1. The van der Waals surface area contributed by atoms with E-state index in [1.165, 1.54) is 10.9 Å². The molecule has 0 bridgehead atoms. The Morgan fingerprint density at radius 3 is 2.64 bits per heavy atom.